The molecule has 0 aliphatic heterocycles. The van der Waals surface area contributed by atoms with Crippen molar-refractivity contribution in [2.45, 2.75) is 0 Å². The van der Waals surface area contributed by atoms with Crippen LogP contribution >= 0.6 is 0 Å². The summed E-state index contributed by atoms with van der Waals surface area (Å²) >= 11 is 0. The Hall–Kier alpha value is -9.00. The molecule has 0 bridgehead atoms. The lowest BCUT2D eigenvalue weighted by Gasteiger charge is -2.16. The number of benzene rings is 9. The van der Waals surface area contributed by atoms with Gasteiger partial charge in [-0.2, -0.15) is 0 Å². The SMILES string of the molecule is c1ccc(-c2cccc(-c3nc(-c4ccccc4)nc(-c4ccccc4-c4ccc(-c5nc(-c6ccccc6)nc(-c6cccc(-c7ccccc7)c6)n5)c(-c5ccccc5)c4)n3)c2)cc1. The molecule has 0 saturated carbocycles. The van der Waals surface area contributed by atoms with E-state index in [2.05, 4.69) is 158 Å². The molecule has 0 aliphatic carbocycles. The van der Waals surface area contributed by atoms with Crippen LogP contribution in [0.15, 0.2) is 243 Å². The normalized spacial score (nSPS) is 11.0. The highest BCUT2D eigenvalue weighted by molar-refractivity contribution is 5.89. The standard InChI is InChI=1S/C60H40N6/c1-6-20-41(21-7-1)46-30-18-32-49(38-46)57-61-55(44-26-12-4-13-27-44)63-59(65-57)52-35-17-16-34-51(52)48-36-37-53(54(40-48)43-24-10-3-11-25-43)60-64-56(45-28-14-5-15-29-45)62-58(66-60)50-33-19-31-47(39-50)42-22-8-2-9-23-42/h1-40H. The van der Waals surface area contributed by atoms with Gasteiger partial charge in [0.1, 0.15) is 0 Å². The molecule has 9 aromatic carbocycles. The van der Waals surface area contributed by atoms with Crippen LogP contribution in [0.25, 0.3) is 113 Å². The molecular weight excluding hydrogens is 805 g/mol. The fourth-order valence-corrected chi connectivity index (χ4v) is 8.31. The first-order chi connectivity index (χ1) is 32.7. The lowest BCUT2D eigenvalue weighted by Crippen LogP contribution is -2.02. The lowest BCUT2D eigenvalue weighted by atomic mass is 9.92. The Morgan fingerprint density at radius 2 is 0.470 bits per heavy atom. The zero-order chi connectivity index (χ0) is 44.1. The van der Waals surface area contributed by atoms with Crippen LogP contribution in [0.2, 0.25) is 0 Å². The fourth-order valence-electron chi connectivity index (χ4n) is 8.31. The molecule has 0 saturated heterocycles. The highest BCUT2D eigenvalue weighted by Gasteiger charge is 2.20. The van der Waals surface area contributed by atoms with Crippen LogP contribution < -0.4 is 0 Å². The average molecular weight is 845 g/mol. The Labute approximate surface area is 383 Å². The van der Waals surface area contributed by atoms with Crippen LogP contribution in [0, 0.1) is 0 Å². The predicted molar refractivity (Wildman–Crippen MR) is 268 cm³/mol. The van der Waals surface area contributed by atoms with Crippen molar-refractivity contribution >= 4 is 0 Å². The number of rotatable bonds is 10. The summed E-state index contributed by atoms with van der Waals surface area (Å²) in [6, 6.07) is 83.0. The quantitative estimate of drug-likeness (QED) is 0.136. The van der Waals surface area contributed by atoms with Crippen molar-refractivity contribution in [2.24, 2.45) is 0 Å². The summed E-state index contributed by atoms with van der Waals surface area (Å²) in [6.45, 7) is 0. The molecule has 0 radical (unpaired) electrons. The van der Waals surface area contributed by atoms with E-state index in [0.29, 0.717) is 34.9 Å². The van der Waals surface area contributed by atoms with Crippen molar-refractivity contribution in [1.82, 2.24) is 29.9 Å². The van der Waals surface area contributed by atoms with E-state index in [4.69, 9.17) is 29.9 Å². The van der Waals surface area contributed by atoms with Crippen molar-refractivity contribution < 1.29 is 0 Å². The van der Waals surface area contributed by atoms with Crippen LogP contribution in [0.3, 0.4) is 0 Å². The predicted octanol–water partition coefficient (Wildman–Crippen LogP) is 14.7. The maximum Gasteiger partial charge on any atom is 0.164 e. The number of hydrogen-bond acceptors (Lipinski definition) is 6. The number of nitrogens with zero attached hydrogens (tertiary/aromatic N) is 6. The summed E-state index contributed by atoms with van der Waals surface area (Å²) in [5, 5.41) is 0. The third-order valence-electron chi connectivity index (χ3n) is 11.6. The van der Waals surface area contributed by atoms with E-state index in [1.165, 1.54) is 0 Å². The van der Waals surface area contributed by atoms with Gasteiger partial charge in [-0.3, -0.25) is 0 Å². The Kier molecular flexibility index (Phi) is 10.9. The zero-order valence-electron chi connectivity index (χ0n) is 35.8. The lowest BCUT2D eigenvalue weighted by molar-refractivity contribution is 1.07. The van der Waals surface area contributed by atoms with Gasteiger partial charge in [-0.1, -0.05) is 218 Å². The summed E-state index contributed by atoms with van der Waals surface area (Å²) in [4.78, 5) is 31.0. The fraction of sp³-hybridized carbons (Fsp3) is 0. The monoisotopic (exact) mass is 844 g/mol. The molecule has 0 atom stereocenters. The van der Waals surface area contributed by atoms with Crippen LogP contribution in [0.1, 0.15) is 0 Å². The first-order valence-corrected chi connectivity index (χ1v) is 21.9. The average Bonchev–Trinajstić information content (AvgIpc) is 3.42. The molecule has 0 amide bonds. The molecule has 6 heteroatoms. The summed E-state index contributed by atoms with van der Waals surface area (Å²) in [7, 11) is 0. The Morgan fingerprint density at radius 1 is 0.152 bits per heavy atom. The first-order valence-electron chi connectivity index (χ1n) is 21.9. The van der Waals surface area contributed by atoms with Crippen LogP contribution in [0.4, 0.5) is 0 Å². The molecule has 0 unspecified atom stereocenters. The molecule has 6 nitrogen and oxygen atoms in total. The topological polar surface area (TPSA) is 77.3 Å². The van der Waals surface area contributed by atoms with Gasteiger partial charge in [-0.05, 0) is 68.8 Å². The van der Waals surface area contributed by atoms with Gasteiger partial charge in [0.2, 0.25) is 0 Å². The van der Waals surface area contributed by atoms with Crippen molar-refractivity contribution in [3.05, 3.63) is 243 Å². The Bertz CT molecular complexity index is 3450. The summed E-state index contributed by atoms with van der Waals surface area (Å²) in [6.07, 6.45) is 0. The Morgan fingerprint density at radius 3 is 0.924 bits per heavy atom. The van der Waals surface area contributed by atoms with Gasteiger partial charge in [0.25, 0.3) is 0 Å². The molecule has 0 N–H and O–H groups in total. The third kappa shape index (κ3) is 8.30. The second kappa shape index (κ2) is 18.0. The van der Waals surface area contributed by atoms with Crippen molar-refractivity contribution in [1.29, 1.82) is 0 Å². The van der Waals surface area contributed by atoms with E-state index >= 15 is 0 Å². The smallest absolute Gasteiger partial charge is 0.164 e. The maximum atomic E-state index is 5.24. The molecule has 0 aliphatic rings. The van der Waals surface area contributed by atoms with Crippen molar-refractivity contribution in [2.75, 3.05) is 0 Å². The van der Waals surface area contributed by atoms with E-state index < -0.39 is 0 Å². The van der Waals surface area contributed by atoms with Gasteiger partial charge in [0.15, 0.2) is 34.9 Å². The second-order valence-corrected chi connectivity index (χ2v) is 15.9. The largest absolute Gasteiger partial charge is 0.208 e. The van der Waals surface area contributed by atoms with Crippen LogP contribution in [-0.2, 0) is 0 Å². The van der Waals surface area contributed by atoms with E-state index in [9.17, 15) is 0 Å². The van der Waals surface area contributed by atoms with Gasteiger partial charge in [0.05, 0.1) is 0 Å². The minimum Gasteiger partial charge on any atom is -0.208 e. The molecule has 310 valence electrons. The number of aromatic nitrogens is 6. The first kappa shape index (κ1) is 39.8. The van der Waals surface area contributed by atoms with Crippen molar-refractivity contribution in [3.8, 4) is 113 Å². The third-order valence-corrected chi connectivity index (χ3v) is 11.6. The summed E-state index contributed by atoms with van der Waals surface area (Å²) in [5.41, 5.74) is 13.8. The summed E-state index contributed by atoms with van der Waals surface area (Å²) in [5.74, 6) is 3.56. The van der Waals surface area contributed by atoms with E-state index in [1.54, 1.807) is 0 Å². The minimum absolute atomic E-state index is 0.579. The molecule has 66 heavy (non-hydrogen) atoms. The Balaban J connectivity index is 1.06. The molecule has 2 aromatic heterocycles. The van der Waals surface area contributed by atoms with E-state index in [-0.39, 0.29) is 0 Å². The molecule has 0 spiro atoms. The molecular formula is C60H40N6. The van der Waals surface area contributed by atoms with Gasteiger partial charge in [-0.25, -0.2) is 29.9 Å². The van der Waals surface area contributed by atoms with E-state index in [1.807, 2.05) is 84.9 Å². The molecule has 0 fully saturated rings. The van der Waals surface area contributed by atoms with Gasteiger partial charge in [-0.15, -0.1) is 0 Å². The van der Waals surface area contributed by atoms with Gasteiger partial charge < -0.3 is 0 Å². The van der Waals surface area contributed by atoms with Crippen molar-refractivity contribution in [3.63, 3.8) is 0 Å². The molecule has 11 rings (SSSR count). The maximum absolute atomic E-state index is 5.24. The highest BCUT2D eigenvalue weighted by Crippen LogP contribution is 2.39. The minimum atomic E-state index is 0.579. The van der Waals surface area contributed by atoms with E-state index in [0.717, 1.165) is 77.9 Å². The van der Waals surface area contributed by atoms with Crippen LogP contribution in [0.5, 0.6) is 0 Å². The molecule has 2 heterocycles. The van der Waals surface area contributed by atoms with Gasteiger partial charge >= 0.3 is 0 Å². The van der Waals surface area contributed by atoms with Crippen LogP contribution in [-0.4, -0.2) is 29.9 Å². The zero-order valence-corrected chi connectivity index (χ0v) is 35.8. The molecule has 11 aromatic rings. The number of hydrogen-bond donors (Lipinski definition) is 0. The summed E-state index contributed by atoms with van der Waals surface area (Å²) < 4.78 is 0. The second-order valence-electron chi connectivity index (χ2n) is 15.9. The highest BCUT2D eigenvalue weighted by atomic mass is 15.0. The van der Waals surface area contributed by atoms with Gasteiger partial charge in [0, 0.05) is 33.4 Å².